The molecule has 0 amide bonds. The summed E-state index contributed by atoms with van der Waals surface area (Å²) in [5.41, 5.74) is 6.76. The molecule has 0 saturated heterocycles. The Morgan fingerprint density at radius 1 is 1.44 bits per heavy atom. The summed E-state index contributed by atoms with van der Waals surface area (Å²) in [5, 5.41) is 0.691. The molecule has 18 heavy (non-hydrogen) atoms. The fourth-order valence-electron chi connectivity index (χ4n) is 1.44. The maximum atomic E-state index is 11.0. The average Bonchev–Trinajstić information content (AvgIpc) is 2.19. The zero-order chi connectivity index (χ0) is 13.8. The molecule has 1 atom stereocenters. The van der Waals surface area contributed by atoms with E-state index in [4.69, 9.17) is 17.3 Å². The van der Waals surface area contributed by atoms with Gasteiger partial charge < -0.3 is 5.73 Å². The summed E-state index contributed by atoms with van der Waals surface area (Å²) in [6, 6.07) is 5.85. The van der Waals surface area contributed by atoms with Crippen LogP contribution in [-0.2, 0) is 16.3 Å². The van der Waals surface area contributed by atoms with Crippen LogP contribution in [0.2, 0.25) is 5.02 Å². The van der Waals surface area contributed by atoms with Crippen molar-refractivity contribution in [1.29, 1.82) is 0 Å². The van der Waals surface area contributed by atoms with E-state index < -0.39 is 9.84 Å². The summed E-state index contributed by atoms with van der Waals surface area (Å²) in [4.78, 5) is 0.983. The smallest absolute Gasteiger partial charge is 0.148 e. The van der Waals surface area contributed by atoms with Gasteiger partial charge in [-0.1, -0.05) is 17.7 Å². The number of hydrogen-bond donors (Lipinski definition) is 1. The molecule has 102 valence electrons. The predicted octanol–water partition coefficient (Wildman–Crippen LogP) is 2.37. The highest BCUT2D eigenvalue weighted by molar-refractivity contribution is 8.00. The number of thioether (sulfide) groups is 1. The van der Waals surface area contributed by atoms with Crippen LogP contribution in [0.4, 0.5) is 0 Å². The molecule has 2 N–H and O–H groups in total. The third kappa shape index (κ3) is 6.09. The van der Waals surface area contributed by atoms with E-state index in [-0.39, 0.29) is 11.8 Å². The van der Waals surface area contributed by atoms with Gasteiger partial charge in [-0.2, -0.15) is 0 Å². The Kier molecular flexibility index (Phi) is 5.98. The maximum absolute atomic E-state index is 11.0. The topological polar surface area (TPSA) is 60.2 Å². The van der Waals surface area contributed by atoms with E-state index in [9.17, 15) is 8.42 Å². The molecule has 1 aromatic rings. The Morgan fingerprint density at radius 2 is 2.11 bits per heavy atom. The van der Waals surface area contributed by atoms with Crippen molar-refractivity contribution in [3.63, 3.8) is 0 Å². The molecule has 0 aliphatic rings. The van der Waals surface area contributed by atoms with Crippen LogP contribution < -0.4 is 5.73 Å². The minimum Gasteiger partial charge on any atom is -0.328 e. The molecule has 0 bridgehead atoms. The summed E-state index contributed by atoms with van der Waals surface area (Å²) in [7, 11) is -2.90. The first-order chi connectivity index (χ1) is 8.28. The Morgan fingerprint density at radius 3 is 2.61 bits per heavy atom. The van der Waals surface area contributed by atoms with Crippen LogP contribution >= 0.6 is 23.4 Å². The van der Waals surface area contributed by atoms with Crippen molar-refractivity contribution in [1.82, 2.24) is 0 Å². The first-order valence-electron chi connectivity index (χ1n) is 5.62. The molecule has 0 aliphatic carbocycles. The van der Waals surface area contributed by atoms with Crippen molar-refractivity contribution in [2.24, 2.45) is 5.73 Å². The molecular formula is C12H18ClNO2S2. The molecule has 0 aliphatic heterocycles. The first-order valence-corrected chi connectivity index (χ1v) is 9.05. The SMILES string of the molecule is CC(N)Cc1ccc(SCCS(C)(=O)=O)cc1Cl. The average molecular weight is 308 g/mol. The number of halogens is 1. The van der Waals surface area contributed by atoms with Crippen LogP contribution in [0, 0.1) is 0 Å². The molecule has 0 fully saturated rings. The standard InChI is InChI=1S/C12H18ClNO2S2/c1-9(14)7-10-3-4-11(8-12(10)13)17-5-6-18(2,15)16/h3-4,8-9H,5-7,14H2,1-2H3. The fourth-order valence-corrected chi connectivity index (χ4v) is 3.91. The third-order valence-corrected chi connectivity index (χ3v) is 4.84. The highest BCUT2D eigenvalue weighted by Crippen LogP contribution is 2.25. The van der Waals surface area contributed by atoms with Crippen molar-refractivity contribution < 1.29 is 8.42 Å². The second-order valence-corrected chi connectivity index (χ2v) is 8.25. The Bertz CT molecular complexity index is 501. The predicted molar refractivity (Wildman–Crippen MR) is 79.2 cm³/mol. The monoisotopic (exact) mass is 307 g/mol. The van der Waals surface area contributed by atoms with Crippen LogP contribution in [-0.4, -0.2) is 32.2 Å². The van der Waals surface area contributed by atoms with E-state index in [1.165, 1.54) is 18.0 Å². The molecule has 0 saturated carbocycles. The van der Waals surface area contributed by atoms with Gasteiger partial charge in [-0.25, -0.2) is 8.42 Å². The number of benzene rings is 1. The summed E-state index contributed by atoms with van der Waals surface area (Å²) in [6.45, 7) is 1.94. The lowest BCUT2D eigenvalue weighted by molar-refractivity contribution is 0.603. The zero-order valence-electron chi connectivity index (χ0n) is 10.5. The lowest BCUT2D eigenvalue weighted by Crippen LogP contribution is -2.17. The highest BCUT2D eigenvalue weighted by Gasteiger charge is 2.06. The number of nitrogens with two attached hydrogens (primary N) is 1. The van der Waals surface area contributed by atoms with Crippen LogP contribution in [0.25, 0.3) is 0 Å². The van der Waals surface area contributed by atoms with Gasteiger partial charge in [-0.15, -0.1) is 11.8 Å². The van der Waals surface area contributed by atoms with Crippen LogP contribution in [0.3, 0.4) is 0 Å². The summed E-state index contributed by atoms with van der Waals surface area (Å²) in [5.74, 6) is 0.721. The molecule has 1 rings (SSSR count). The van der Waals surface area contributed by atoms with Crippen molar-refractivity contribution >= 4 is 33.2 Å². The van der Waals surface area contributed by atoms with E-state index >= 15 is 0 Å². The molecule has 1 unspecified atom stereocenters. The van der Waals surface area contributed by atoms with Crippen LogP contribution in [0.5, 0.6) is 0 Å². The molecule has 1 aromatic carbocycles. The zero-order valence-corrected chi connectivity index (χ0v) is 12.9. The van der Waals surface area contributed by atoms with Crippen LogP contribution in [0.15, 0.2) is 23.1 Å². The molecule has 6 heteroatoms. The fraction of sp³-hybridized carbons (Fsp3) is 0.500. The van der Waals surface area contributed by atoms with Crippen molar-refractivity contribution in [3.8, 4) is 0 Å². The normalized spacial score (nSPS) is 13.6. The lowest BCUT2D eigenvalue weighted by Gasteiger charge is -2.09. The summed E-state index contributed by atoms with van der Waals surface area (Å²) < 4.78 is 22.0. The van der Waals surface area contributed by atoms with Gasteiger partial charge in [0.15, 0.2) is 0 Å². The quantitative estimate of drug-likeness (QED) is 0.820. The van der Waals surface area contributed by atoms with Gasteiger partial charge in [-0.05, 0) is 31.0 Å². The van der Waals surface area contributed by atoms with Crippen molar-refractivity contribution in [2.45, 2.75) is 24.3 Å². The van der Waals surface area contributed by atoms with Gasteiger partial charge in [-0.3, -0.25) is 0 Å². The summed E-state index contributed by atoms with van der Waals surface area (Å²) in [6.07, 6.45) is 1.99. The third-order valence-electron chi connectivity index (χ3n) is 2.29. The van der Waals surface area contributed by atoms with Crippen molar-refractivity contribution in [2.75, 3.05) is 17.8 Å². The minimum atomic E-state index is -2.90. The van der Waals surface area contributed by atoms with Gasteiger partial charge in [0.1, 0.15) is 9.84 Å². The van der Waals surface area contributed by atoms with E-state index in [1.807, 2.05) is 25.1 Å². The molecule has 0 spiro atoms. The van der Waals surface area contributed by atoms with Gasteiger partial charge in [0.25, 0.3) is 0 Å². The van der Waals surface area contributed by atoms with Crippen LogP contribution in [0.1, 0.15) is 12.5 Å². The number of rotatable bonds is 6. The maximum Gasteiger partial charge on any atom is 0.148 e. The molecule has 3 nitrogen and oxygen atoms in total. The Balaban J connectivity index is 2.61. The van der Waals surface area contributed by atoms with E-state index in [2.05, 4.69) is 0 Å². The second kappa shape index (κ2) is 6.80. The molecule has 0 radical (unpaired) electrons. The first kappa shape index (κ1) is 15.8. The second-order valence-electron chi connectivity index (χ2n) is 4.41. The van der Waals surface area contributed by atoms with E-state index in [0.29, 0.717) is 10.8 Å². The summed E-state index contributed by atoms with van der Waals surface area (Å²) >= 11 is 7.65. The van der Waals surface area contributed by atoms with Gasteiger partial charge in [0.2, 0.25) is 0 Å². The van der Waals surface area contributed by atoms with E-state index in [1.54, 1.807) is 0 Å². The lowest BCUT2D eigenvalue weighted by atomic mass is 10.1. The molecule has 0 heterocycles. The minimum absolute atomic E-state index is 0.0752. The largest absolute Gasteiger partial charge is 0.328 e. The molecular weight excluding hydrogens is 290 g/mol. The molecule has 0 aromatic heterocycles. The van der Waals surface area contributed by atoms with Gasteiger partial charge >= 0.3 is 0 Å². The Labute approximate surface area is 118 Å². The van der Waals surface area contributed by atoms with E-state index in [0.717, 1.165) is 16.9 Å². The number of hydrogen-bond acceptors (Lipinski definition) is 4. The van der Waals surface area contributed by atoms with Crippen molar-refractivity contribution in [3.05, 3.63) is 28.8 Å². The highest BCUT2D eigenvalue weighted by atomic mass is 35.5. The number of sulfone groups is 1. The van der Waals surface area contributed by atoms with Gasteiger partial charge in [0.05, 0.1) is 5.75 Å². The van der Waals surface area contributed by atoms with Gasteiger partial charge in [0, 0.05) is 28.0 Å². The Hall–Kier alpha value is -0.230.